The predicted octanol–water partition coefficient (Wildman–Crippen LogP) is 3.32. The molecule has 3 aliphatic rings. The lowest BCUT2D eigenvalue weighted by atomic mass is 9.91. The summed E-state index contributed by atoms with van der Waals surface area (Å²) in [6.07, 6.45) is 8.81. The number of carbonyl (C=O) groups excluding carboxylic acids is 2. The fourth-order valence-electron chi connectivity index (χ4n) is 5.03. The SMILES string of the molecule is CC(=O)N[C@H]1CC[C@H](NC(=O)c2c[nH]c3c(-c4c(OCC5CC5)ccc5c4OCO5)ncnc23)CC1. The third-order valence-corrected chi connectivity index (χ3v) is 7.09. The van der Waals surface area contributed by atoms with Crippen LogP contribution in [-0.2, 0) is 4.79 Å². The molecule has 2 amide bonds. The topological polar surface area (TPSA) is 127 Å². The minimum atomic E-state index is -0.183. The minimum absolute atomic E-state index is 0.0149. The van der Waals surface area contributed by atoms with Gasteiger partial charge in [-0.25, -0.2) is 9.97 Å². The molecule has 1 aliphatic heterocycles. The van der Waals surface area contributed by atoms with E-state index < -0.39 is 0 Å². The second-order valence-corrected chi connectivity index (χ2v) is 9.80. The Labute approximate surface area is 208 Å². The van der Waals surface area contributed by atoms with Gasteiger partial charge in [0.05, 0.1) is 23.3 Å². The van der Waals surface area contributed by atoms with E-state index in [1.807, 2.05) is 12.1 Å². The van der Waals surface area contributed by atoms with Gasteiger partial charge in [-0.2, -0.15) is 0 Å². The van der Waals surface area contributed by atoms with E-state index in [9.17, 15) is 9.59 Å². The Morgan fingerprint density at radius 3 is 2.58 bits per heavy atom. The zero-order valence-electron chi connectivity index (χ0n) is 20.1. The molecule has 36 heavy (non-hydrogen) atoms. The highest BCUT2D eigenvalue weighted by molar-refractivity contribution is 6.08. The van der Waals surface area contributed by atoms with Gasteiger partial charge in [0.2, 0.25) is 12.7 Å². The molecule has 0 saturated heterocycles. The average Bonchev–Trinajstić information content (AvgIpc) is 3.39. The number of fused-ring (bicyclic) bond motifs is 2. The summed E-state index contributed by atoms with van der Waals surface area (Å²) in [5, 5.41) is 6.10. The van der Waals surface area contributed by atoms with E-state index >= 15 is 0 Å². The lowest BCUT2D eigenvalue weighted by molar-refractivity contribution is -0.119. The fourth-order valence-corrected chi connectivity index (χ4v) is 5.03. The number of aromatic nitrogens is 3. The number of rotatable bonds is 7. The third kappa shape index (κ3) is 4.43. The zero-order valence-corrected chi connectivity index (χ0v) is 20.1. The van der Waals surface area contributed by atoms with Crippen LogP contribution in [0.5, 0.6) is 17.2 Å². The summed E-state index contributed by atoms with van der Waals surface area (Å²) in [5.41, 5.74) is 2.93. The van der Waals surface area contributed by atoms with Gasteiger partial charge in [-0.15, -0.1) is 0 Å². The number of benzene rings is 1. The van der Waals surface area contributed by atoms with Crippen LogP contribution in [0.25, 0.3) is 22.3 Å². The molecule has 2 aromatic heterocycles. The van der Waals surface area contributed by atoms with Crippen LogP contribution in [0.2, 0.25) is 0 Å². The van der Waals surface area contributed by atoms with E-state index in [1.54, 1.807) is 6.20 Å². The second-order valence-electron chi connectivity index (χ2n) is 9.80. The van der Waals surface area contributed by atoms with Crippen molar-refractivity contribution >= 4 is 22.8 Å². The lowest BCUT2D eigenvalue weighted by Crippen LogP contribution is -2.43. The number of hydrogen-bond donors (Lipinski definition) is 3. The number of ether oxygens (including phenoxy) is 3. The van der Waals surface area contributed by atoms with Gasteiger partial charge in [-0.05, 0) is 56.6 Å². The summed E-state index contributed by atoms with van der Waals surface area (Å²) in [6.45, 7) is 2.31. The van der Waals surface area contributed by atoms with Crippen molar-refractivity contribution in [2.24, 2.45) is 5.92 Å². The molecular weight excluding hydrogens is 462 g/mol. The lowest BCUT2D eigenvalue weighted by Gasteiger charge is -2.29. The van der Waals surface area contributed by atoms with Crippen LogP contribution in [0, 0.1) is 5.92 Å². The Bertz CT molecular complexity index is 1310. The monoisotopic (exact) mass is 491 g/mol. The maximum Gasteiger partial charge on any atom is 0.255 e. The maximum absolute atomic E-state index is 13.2. The summed E-state index contributed by atoms with van der Waals surface area (Å²) in [4.78, 5) is 36.7. The fraction of sp³-hybridized carbons (Fsp3) is 0.462. The molecule has 10 heteroatoms. The van der Waals surface area contributed by atoms with Crippen molar-refractivity contribution < 1.29 is 23.8 Å². The number of H-pyrrole nitrogens is 1. The van der Waals surface area contributed by atoms with Gasteiger partial charge in [0, 0.05) is 25.2 Å². The molecule has 188 valence electrons. The third-order valence-electron chi connectivity index (χ3n) is 7.09. The Hall–Kier alpha value is -3.82. The van der Waals surface area contributed by atoms with Crippen molar-refractivity contribution in [2.45, 2.75) is 57.5 Å². The first-order chi connectivity index (χ1) is 17.6. The Morgan fingerprint density at radius 2 is 1.83 bits per heavy atom. The highest BCUT2D eigenvalue weighted by Crippen LogP contribution is 2.48. The van der Waals surface area contributed by atoms with Gasteiger partial charge in [0.25, 0.3) is 5.91 Å². The molecule has 2 saturated carbocycles. The second kappa shape index (κ2) is 9.33. The van der Waals surface area contributed by atoms with Crippen LogP contribution in [0.3, 0.4) is 0 Å². The van der Waals surface area contributed by atoms with E-state index in [0.717, 1.165) is 25.7 Å². The number of amides is 2. The number of aromatic amines is 1. The summed E-state index contributed by atoms with van der Waals surface area (Å²) in [6, 6.07) is 3.96. The molecule has 1 aromatic carbocycles. The molecule has 0 spiro atoms. The molecule has 2 fully saturated rings. The number of nitrogens with one attached hydrogen (secondary N) is 3. The highest BCUT2D eigenvalue weighted by Gasteiger charge is 2.29. The number of nitrogens with zero attached hydrogens (tertiary/aromatic N) is 2. The molecule has 2 aliphatic carbocycles. The largest absolute Gasteiger partial charge is 0.492 e. The standard InChI is InChI=1S/C26H29N5O5/c1-14(32)30-16-4-6-17(7-5-16)31-26(33)18-10-27-24-22(18)28-12-29-23(24)21-19(34-11-15-2-3-15)8-9-20-25(21)36-13-35-20/h8-10,12,15-17,27H,2-7,11,13H2,1H3,(H,30,32)(H,31,33)/t16-,17-. The smallest absolute Gasteiger partial charge is 0.255 e. The Balaban J connectivity index is 1.27. The number of carbonyl (C=O) groups is 2. The summed E-state index contributed by atoms with van der Waals surface area (Å²) in [7, 11) is 0. The Morgan fingerprint density at radius 1 is 1.06 bits per heavy atom. The quantitative estimate of drug-likeness (QED) is 0.463. The first-order valence-electron chi connectivity index (χ1n) is 12.5. The van der Waals surface area contributed by atoms with Gasteiger partial charge in [0.1, 0.15) is 23.3 Å². The predicted molar refractivity (Wildman–Crippen MR) is 131 cm³/mol. The van der Waals surface area contributed by atoms with Gasteiger partial charge in [0.15, 0.2) is 11.5 Å². The van der Waals surface area contributed by atoms with E-state index in [2.05, 4.69) is 25.6 Å². The maximum atomic E-state index is 13.2. The van der Waals surface area contributed by atoms with Crippen molar-refractivity contribution in [2.75, 3.05) is 13.4 Å². The van der Waals surface area contributed by atoms with Crippen LogP contribution in [0.1, 0.15) is 55.8 Å². The van der Waals surface area contributed by atoms with Gasteiger partial charge in [-0.1, -0.05) is 0 Å². The average molecular weight is 492 g/mol. The van der Waals surface area contributed by atoms with E-state index in [0.29, 0.717) is 57.6 Å². The molecule has 0 atom stereocenters. The van der Waals surface area contributed by atoms with E-state index in [4.69, 9.17) is 14.2 Å². The van der Waals surface area contributed by atoms with Crippen LogP contribution in [-0.4, -0.2) is 52.2 Å². The molecule has 6 rings (SSSR count). The van der Waals surface area contributed by atoms with Crippen molar-refractivity contribution in [1.82, 2.24) is 25.6 Å². The molecule has 10 nitrogen and oxygen atoms in total. The molecule has 0 bridgehead atoms. The van der Waals surface area contributed by atoms with Crippen molar-refractivity contribution in [3.63, 3.8) is 0 Å². The zero-order chi connectivity index (χ0) is 24.6. The summed E-state index contributed by atoms with van der Waals surface area (Å²) in [5.74, 6) is 2.27. The highest BCUT2D eigenvalue weighted by atomic mass is 16.7. The van der Waals surface area contributed by atoms with Gasteiger partial charge in [-0.3, -0.25) is 9.59 Å². The Kier molecular flexibility index (Phi) is 5.86. The van der Waals surface area contributed by atoms with Crippen molar-refractivity contribution in [1.29, 1.82) is 0 Å². The molecular formula is C26H29N5O5. The first-order valence-corrected chi connectivity index (χ1v) is 12.5. The molecule has 0 unspecified atom stereocenters. The van der Waals surface area contributed by atoms with Gasteiger partial charge >= 0.3 is 0 Å². The van der Waals surface area contributed by atoms with Gasteiger partial charge < -0.3 is 29.8 Å². The van der Waals surface area contributed by atoms with Crippen LogP contribution in [0.4, 0.5) is 0 Å². The van der Waals surface area contributed by atoms with E-state index in [-0.39, 0.29) is 30.7 Å². The first kappa shape index (κ1) is 22.6. The van der Waals surface area contributed by atoms with Crippen LogP contribution >= 0.6 is 0 Å². The summed E-state index contributed by atoms with van der Waals surface area (Å²) < 4.78 is 17.6. The molecule has 0 radical (unpaired) electrons. The molecule has 3 N–H and O–H groups in total. The van der Waals surface area contributed by atoms with Crippen molar-refractivity contribution in [3.05, 3.63) is 30.2 Å². The van der Waals surface area contributed by atoms with Crippen LogP contribution in [0.15, 0.2) is 24.7 Å². The van der Waals surface area contributed by atoms with Crippen LogP contribution < -0.4 is 24.8 Å². The molecule has 3 heterocycles. The normalized spacial score (nSPS) is 20.8. The minimum Gasteiger partial charge on any atom is -0.492 e. The van der Waals surface area contributed by atoms with Crippen molar-refractivity contribution in [3.8, 4) is 28.5 Å². The summed E-state index contributed by atoms with van der Waals surface area (Å²) >= 11 is 0. The number of hydrogen-bond acceptors (Lipinski definition) is 7. The van der Waals surface area contributed by atoms with E-state index in [1.165, 1.54) is 26.1 Å². The molecule has 3 aromatic rings.